The van der Waals surface area contributed by atoms with Crippen molar-refractivity contribution in [3.8, 4) is 5.75 Å². The van der Waals surface area contributed by atoms with E-state index in [2.05, 4.69) is 10.6 Å². The Morgan fingerprint density at radius 2 is 1.96 bits per heavy atom. The number of ether oxygens (including phenoxy) is 1. The maximum atomic E-state index is 12.2. The summed E-state index contributed by atoms with van der Waals surface area (Å²) in [5, 5.41) is 3.97. The Morgan fingerprint density at radius 3 is 2.54 bits per heavy atom. The van der Waals surface area contributed by atoms with Crippen LogP contribution in [0.1, 0.15) is 24.4 Å². The van der Waals surface area contributed by atoms with E-state index in [9.17, 15) is 18.0 Å². The van der Waals surface area contributed by atoms with Crippen LogP contribution in [-0.4, -0.2) is 38.3 Å². The van der Waals surface area contributed by atoms with Gasteiger partial charge in [0.05, 0.1) is 19.1 Å². The quantitative estimate of drug-likeness (QED) is 0.762. The third kappa shape index (κ3) is 4.42. The number of rotatable bonds is 7. The first-order chi connectivity index (χ1) is 12.3. The lowest BCUT2D eigenvalue weighted by Crippen LogP contribution is -2.33. The lowest BCUT2D eigenvalue weighted by molar-refractivity contribution is -0.115. The minimum atomic E-state index is -3.51. The second-order valence-corrected chi connectivity index (χ2v) is 8.04. The van der Waals surface area contributed by atoms with Crippen molar-refractivity contribution in [2.24, 2.45) is 0 Å². The van der Waals surface area contributed by atoms with Gasteiger partial charge in [-0.3, -0.25) is 9.59 Å². The van der Waals surface area contributed by atoms with Crippen LogP contribution in [0.25, 0.3) is 0 Å². The van der Waals surface area contributed by atoms with Crippen LogP contribution in [0.4, 0.5) is 11.4 Å². The SMILES string of the molecule is CCS(=O)(=O)C(C)C(=O)Nc1ccc(OC)c(NC(=O)c2ccco2)c1. The molecule has 26 heavy (non-hydrogen) atoms. The number of hydrogen-bond donors (Lipinski definition) is 2. The van der Waals surface area contributed by atoms with Gasteiger partial charge in [0, 0.05) is 11.4 Å². The van der Waals surface area contributed by atoms with E-state index in [1.165, 1.54) is 39.4 Å². The van der Waals surface area contributed by atoms with Gasteiger partial charge in [0.2, 0.25) is 5.91 Å². The van der Waals surface area contributed by atoms with Gasteiger partial charge < -0.3 is 19.8 Å². The molecule has 0 saturated carbocycles. The molecule has 1 atom stereocenters. The highest BCUT2D eigenvalue weighted by atomic mass is 32.2. The number of amides is 2. The number of anilines is 2. The molecule has 1 aromatic heterocycles. The van der Waals surface area contributed by atoms with Gasteiger partial charge in [-0.15, -0.1) is 0 Å². The first-order valence-corrected chi connectivity index (χ1v) is 9.55. The zero-order chi connectivity index (χ0) is 19.3. The van der Waals surface area contributed by atoms with Gasteiger partial charge in [-0.1, -0.05) is 6.92 Å². The highest BCUT2D eigenvalue weighted by molar-refractivity contribution is 7.92. The maximum absolute atomic E-state index is 12.2. The predicted octanol–water partition coefficient (Wildman–Crippen LogP) is 2.30. The second-order valence-electron chi connectivity index (χ2n) is 5.43. The smallest absolute Gasteiger partial charge is 0.291 e. The summed E-state index contributed by atoms with van der Waals surface area (Å²) in [6.07, 6.45) is 1.37. The van der Waals surface area contributed by atoms with Crippen molar-refractivity contribution >= 4 is 33.0 Å². The van der Waals surface area contributed by atoms with E-state index in [4.69, 9.17) is 9.15 Å². The molecule has 8 nitrogen and oxygen atoms in total. The molecule has 2 amide bonds. The molecule has 0 bridgehead atoms. The van der Waals surface area contributed by atoms with Gasteiger partial charge in [0.15, 0.2) is 15.6 Å². The Kier molecular flexibility index (Phi) is 6.04. The summed E-state index contributed by atoms with van der Waals surface area (Å²) in [5.74, 6) is -0.783. The molecule has 0 aliphatic rings. The van der Waals surface area contributed by atoms with Crippen LogP contribution in [0.5, 0.6) is 5.75 Å². The largest absolute Gasteiger partial charge is 0.495 e. The first-order valence-electron chi connectivity index (χ1n) is 7.83. The van der Waals surface area contributed by atoms with Gasteiger partial charge in [-0.2, -0.15) is 0 Å². The van der Waals surface area contributed by atoms with E-state index in [1.54, 1.807) is 18.2 Å². The van der Waals surface area contributed by atoms with Crippen LogP contribution in [0.3, 0.4) is 0 Å². The van der Waals surface area contributed by atoms with Crippen LogP contribution in [0.15, 0.2) is 41.0 Å². The Labute approximate surface area is 151 Å². The third-order valence-corrected chi connectivity index (χ3v) is 5.87. The predicted molar refractivity (Wildman–Crippen MR) is 97.2 cm³/mol. The number of carbonyl (C=O) groups excluding carboxylic acids is 2. The molecular formula is C17H20N2O6S. The van der Waals surface area contributed by atoms with Crippen LogP contribution in [0, 0.1) is 0 Å². The molecule has 0 aliphatic heterocycles. The fraction of sp³-hybridized carbons (Fsp3) is 0.294. The van der Waals surface area contributed by atoms with E-state index >= 15 is 0 Å². The molecule has 2 rings (SSSR count). The number of nitrogens with one attached hydrogen (secondary N) is 2. The van der Waals surface area contributed by atoms with Crippen molar-refractivity contribution in [1.29, 1.82) is 0 Å². The summed E-state index contributed by atoms with van der Waals surface area (Å²) in [6.45, 7) is 2.81. The van der Waals surface area contributed by atoms with Gasteiger partial charge in [0.25, 0.3) is 5.91 Å². The topological polar surface area (TPSA) is 115 Å². The number of methoxy groups -OCH3 is 1. The van der Waals surface area contributed by atoms with Crippen molar-refractivity contribution in [2.75, 3.05) is 23.5 Å². The average molecular weight is 380 g/mol. The van der Waals surface area contributed by atoms with Crippen LogP contribution in [0.2, 0.25) is 0 Å². The number of benzene rings is 1. The number of sulfone groups is 1. The lowest BCUT2D eigenvalue weighted by atomic mass is 10.2. The monoisotopic (exact) mass is 380 g/mol. The highest BCUT2D eigenvalue weighted by Gasteiger charge is 2.26. The Hall–Kier alpha value is -2.81. The van der Waals surface area contributed by atoms with Crippen molar-refractivity contribution in [1.82, 2.24) is 0 Å². The molecule has 1 unspecified atom stereocenters. The number of furan rings is 1. The van der Waals surface area contributed by atoms with Crippen molar-refractivity contribution in [2.45, 2.75) is 19.1 Å². The van der Waals surface area contributed by atoms with Crippen LogP contribution >= 0.6 is 0 Å². The lowest BCUT2D eigenvalue weighted by Gasteiger charge is -2.14. The average Bonchev–Trinajstić information content (AvgIpc) is 3.16. The van der Waals surface area contributed by atoms with Gasteiger partial charge in [-0.05, 0) is 37.3 Å². The van der Waals surface area contributed by atoms with E-state index < -0.39 is 26.9 Å². The Bertz CT molecular complexity index is 890. The normalized spacial score (nSPS) is 12.3. The van der Waals surface area contributed by atoms with Crippen molar-refractivity contribution < 1.29 is 27.2 Å². The number of hydrogen-bond acceptors (Lipinski definition) is 6. The summed E-state index contributed by atoms with van der Waals surface area (Å²) in [4.78, 5) is 24.3. The molecular weight excluding hydrogens is 360 g/mol. The van der Waals surface area contributed by atoms with Gasteiger partial charge in [-0.25, -0.2) is 8.42 Å². The summed E-state index contributed by atoms with van der Waals surface area (Å²) in [6, 6.07) is 7.66. The summed E-state index contributed by atoms with van der Waals surface area (Å²) in [5.41, 5.74) is 0.626. The molecule has 1 aromatic carbocycles. The van der Waals surface area contributed by atoms with E-state index in [1.807, 2.05) is 0 Å². The van der Waals surface area contributed by atoms with E-state index in [-0.39, 0.29) is 11.5 Å². The Morgan fingerprint density at radius 1 is 1.23 bits per heavy atom. The minimum Gasteiger partial charge on any atom is -0.495 e. The fourth-order valence-electron chi connectivity index (χ4n) is 2.13. The molecule has 140 valence electrons. The molecule has 0 radical (unpaired) electrons. The minimum absolute atomic E-state index is 0.115. The first kappa shape index (κ1) is 19.5. The number of carbonyl (C=O) groups is 2. The summed E-state index contributed by atoms with van der Waals surface area (Å²) >= 11 is 0. The van der Waals surface area contributed by atoms with E-state index in [0.29, 0.717) is 17.1 Å². The van der Waals surface area contributed by atoms with Crippen LogP contribution in [-0.2, 0) is 14.6 Å². The molecule has 0 aliphatic carbocycles. The zero-order valence-electron chi connectivity index (χ0n) is 14.6. The summed E-state index contributed by atoms with van der Waals surface area (Å²) in [7, 11) is -2.07. The summed E-state index contributed by atoms with van der Waals surface area (Å²) < 4.78 is 33.9. The Balaban J connectivity index is 2.21. The molecule has 1 heterocycles. The third-order valence-electron chi connectivity index (χ3n) is 3.77. The van der Waals surface area contributed by atoms with Gasteiger partial charge >= 0.3 is 0 Å². The molecule has 0 spiro atoms. The van der Waals surface area contributed by atoms with E-state index in [0.717, 1.165) is 0 Å². The molecule has 2 aromatic rings. The molecule has 9 heteroatoms. The maximum Gasteiger partial charge on any atom is 0.291 e. The standard InChI is InChI=1S/C17H20N2O6S/c1-4-26(22,23)11(2)16(20)18-12-7-8-14(24-3)13(10-12)19-17(21)15-6-5-9-25-15/h5-11H,4H2,1-3H3,(H,18,20)(H,19,21). The van der Waals surface area contributed by atoms with Crippen LogP contribution < -0.4 is 15.4 Å². The van der Waals surface area contributed by atoms with Gasteiger partial charge in [0.1, 0.15) is 11.0 Å². The highest BCUT2D eigenvalue weighted by Crippen LogP contribution is 2.28. The molecule has 2 N–H and O–H groups in total. The van der Waals surface area contributed by atoms with Crippen molar-refractivity contribution in [3.05, 3.63) is 42.4 Å². The zero-order valence-corrected chi connectivity index (χ0v) is 15.4. The fourth-order valence-corrected chi connectivity index (χ4v) is 3.02. The second kappa shape index (κ2) is 8.05. The molecule has 0 fully saturated rings. The van der Waals surface area contributed by atoms with Crippen molar-refractivity contribution in [3.63, 3.8) is 0 Å². The molecule has 0 saturated heterocycles.